The van der Waals surface area contributed by atoms with Crippen molar-refractivity contribution in [3.05, 3.63) is 0 Å². The van der Waals surface area contributed by atoms with Crippen molar-refractivity contribution in [1.29, 1.82) is 0 Å². The van der Waals surface area contributed by atoms with Crippen molar-refractivity contribution < 1.29 is 9.53 Å². The van der Waals surface area contributed by atoms with Crippen LogP contribution in [-0.4, -0.2) is 60.4 Å². The lowest BCUT2D eigenvalue weighted by atomic mass is 10.1. The molecule has 0 radical (unpaired) electrons. The molecule has 98 valence electrons. The Hall–Kier alpha value is -0.810. The predicted octanol–water partition coefficient (Wildman–Crippen LogP) is 0.858. The smallest absolute Gasteiger partial charge is 0.411 e. The van der Waals surface area contributed by atoms with Crippen molar-refractivity contribution in [2.24, 2.45) is 0 Å². The Morgan fingerprint density at radius 1 is 1.24 bits per heavy atom. The Morgan fingerprint density at radius 3 is 2.35 bits per heavy atom. The van der Waals surface area contributed by atoms with Crippen LogP contribution >= 0.6 is 0 Å². The van der Waals surface area contributed by atoms with Gasteiger partial charge in [0.15, 0.2) is 0 Å². The number of hydrogen-bond donors (Lipinski definition) is 1. The summed E-state index contributed by atoms with van der Waals surface area (Å²) < 4.78 is 5.41. The molecule has 0 saturated carbocycles. The molecular formula is C12H23N3O2. The minimum absolute atomic E-state index is 0.174. The Kier molecular flexibility index (Phi) is 3.58. The first kappa shape index (κ1) is 12.6. The number of rotatable bonds is 1. The highest BCUT2D eigenvalue weighted by molar-refractivity contribution is 5.69. The number of piperazine rings is 1. The van der Waals surface area contributed by atoms with E-state index in [0.717, 1.165) is 39.1 Å². The highest BCUT2D eigenvalue weighted by Crippen LogP contribution is 2.24. The SMILES string of the molecule is CC(C)(C)OC(=O)N1CCC1N1CCNCC1. The van der Waals surface area contributed by atoms with Gasteiger partial charge in [-0.3, -0.25) is 9.80 Å². The molecule has 0 aromatic rings. The van der Waals surface area contributed by atoms with E-state index in [1.807, 2.05) is 25.7 Å². The van der Waals surface area contributed by atoms with Crippen LogP contribution in [0.5, 0.6) is 0 Å². The second kappa shape index (κ2) is 4.82. The lowest BCUT2D eigenvalue weighted by molar-refractivity contribution is -0.0562. The maximum Gasteiger partial charge on any atom is 0.411 e. The van der Waals surface area contributed by atoms with E-state index in [1.165, 1.54) is 0 Å². The summed E-state index contributed by atoms with van der Waals surface area (Å²) in [4.78, 5) is 16.2. The molecular weight excluding hydrogens is 218 g/mol. The summed E-state index contributed by atoms with van der Waals surface area (Å²) in [5.41, 5.74) is -0.402. The number of nitrogens with zero attached hydrogens (tertiary/aromatic N) is 2. The van der Waals surface area contributed by atoms with Crippen LogP contribution in [0.3, 0.4) is 0 Å². The lowest BCUT2D eigenvalue weighted by Gasteiger charge is -2.48. The third-order valence-corrected chi connectivity index (χ3v) is 3.19. The zero-order valence-electron chi connectivity index (χ0n) is 11.0. The number of ether oxygens (including phenoxy) is 1. The third kappa shape index (κ3) is 3.10. The van der Waals surface area contributed by atoms with Crippen molar-refractivity contribution >= 4 is 6.09 Å². The van der Waals surface area contributed by atoms with Crippen LogP contribution in [0.4, 0.5) is 4.79 Å². The average Bonchev–Trinajstić information content (AvgIpc) is 2.14. The molecule has 0 aliphatic carbocycles. The maximum atomic E-state index is 12.0. The first-order chi connectivity index (χ1) is 7.97. The molecule has 2 heterocycles. The van der Waals surface area contributed by atoms with Crippen molar-refractivity contribution in [2.45, 2.75) is 39.0 Å². The molecule has 1 atom stereocenters. The molecule has 0 spiro atoms. The van der Waals surface area contributed by atoms with Gasteiger partial charge in [-0.25, -0.2) is 4.79 Å². The summed E-state index contributed by atoms with van der Waals surface area (Å²) in [7, 11) is 0. The van der Waals surface area contributed by atoms with Crippen LogP contribution < -0.4 is 5.32 Å². The zero-order valence-corrected chi connectivity index (χ0v) is 11.0. The zero-order chi connectivity index (χ0) is 12.5. The van der Waals surface area contributed by atoms with Crippen LogP contribution in [-0.2, 0) is 4.74 Å². The first-order valence-electron chi connectivity index (χ1n) is 6.42. The van der Waals surface area contributed by atoms with Gasteiger partial charge in [0.1, 0.15) is 5.60 Å². The van der Waals surface area contributed by atoms with Crippen molar-refractivity contribution in [1.82, 2.24) is 15.1 Å². The van der Waals surface area contributed by atoms with Gasteiger partial charge in [0, 0.05) is 32.7 Å². The first-order valence-corrected chi connectivity index (χ1v) is 6.42. The lowest BCUT2D eigenvalue weighted by Crippen LogP contribution is -2.63. The largest absolute Gasteiger partial charge is 0.444 e. The average molecular weight is 241 g/mol. The molecule has 0 aromatic heterocycles. The van der Waals surface area contributed by atoms with E-state index in [2.05, 4.69) is 10.2 Å². The molecule has 2 aliphatic heterocycles. The van der Waals surface area contributed by atoms with E-state index in [4.69, 9.17) is 4.74 Å². The van der Waals surface area contributed by atoms with Gasteiger partial charge in [-0.2, -0.15) is 0 Å². The number of likely N-dealkylation sites (tertiary alicyclic amines) is 1. The van der Waals surface area contributed by atoms with E-state index in [9.17, 15) is 4.79 Å². The van der Waals surface area contributed by atoms with E-state index in [1.54, 1.807) is 0 Å². The summed E-state index contributed by atoms with van der Waals surface area (Å²) in [6, 6.07) is 0. The molecule has 2 aliphatic rings. The molecule has 0 bridgehead atoms. The molecule has 17 heavy (non-hydrogen) atoms. The second-order valence-electron chi connectivity index (χ2n) is 5.73. The molecule has 5 nitrogen and oxygen atoms in total. The topological polar surface area (TPSA) is 44.8 Å². The van der Waals surface area contributed by atoms with Gasteiger partial charge in [0.2, 0.25) is 0 Å². The van der Waals surface area contributed by atoms with E-state index < -0.39 is 5.60 Å². The Balaban J connectivity index is 1.87. The highest BCUT2D eigenvalue weighted by Gasteiger charge is 2.38. The summed E-state index contributed by atoms with van der Waals surface area (Å²) in [5, 5.41) is 3.32. The molecule has 1 N–H and O–H groups in total. The van der Waals surface area contributed by atoms with Crippen LogP contribution in [0.15, 0.2) is 0 Å². The molecule has 1 unspecified atom stereocenters. The number of nitrogens with one attached hydrogen (secondary N) is 1. The number of carbonyl (C=O) groups excluding carboxylic acids is 1. The molecule has 2 rings (SSSR count). The van der Waals surface area contributed by atoms with Gasteiger partial charge in [0.05, 0.1) is 6.17 Å². The predicted molar refractivity (Wildman–Crippen MR) is 65.8 cm³/mol. The van der Waals surface area contributed by atoms with Gasteiger partial charge in [-0.1, -0.05) is 0 Å². The maximum absolute atomic E-state index is 12.0. The Morgan fingerprint density at radius 2 is 1.88 bits per heavy atom. The van der Waals surface area contributed by atoms with Crippen molar-refractivity contribution in [3.8, 4) is 0 Å². The standard InChI is InChI=1S/C12H23N3O2/c1-12(2,3)17-11(16)15-7-4-10(15)14-8-5-13-6-9-14/h10,13H,4-9H2,1-3H3. The normalized spacial score (nSPS) is 26.5. The van der Waals surface area contributed by atoms with E-state index in [0.29, 0.717) is 0 Å². The van der Waals surface area contributed by atoms with Gasteiger partial charge in [0.25, 0.3) is 0 Å². The van der Waals surface area contributed by atoms with Gasteiger partial charge < -0.3 is 10.1 Å². The van der Waals surface area contributed by atoms with Crippen LogP contribution in [0, 0.1) is 0 Å². The van der Waals surface area contributed by atoms with Gasteiger partial charge in [-0.15, -0.1) is 0 Å². The summed E-state index contributed by atoms with van der Waals surface area (Å²) in [6.45, 7) is 10.6. The molecule has 5 heteroatoms. The summed E-state index contributed by atoms with van der Waals surface area (Å²) in [6.07, 6.45) is 1.15. The number of hydrogen-bond acceptors (Lipinski definition) is 4. The fourth-order valence-corrected chi connectivity index (χ4v) is 2.27. The third-order valence-electron chi connectivity index (χ3n) is 3.19. The molecule has 2 saturated heterocycles. The van der Waals surface area contributed by atoms with Crippen LogP contribution in [0.2, 0.25) is 0 Å². The van der Waals surface area contributed by atoms with Gasteiger partial charge in [-0.05, 0) is 27.2 Å². The van der Waals surface area contributed by atoms with Gasteiger partial charge >= 0.3 is 6.09 Å². The van der Waals surface area contributed by atoms with Crippen LogP contribution in [0.25, 0.3) is 0 Å². The minimum atomic E-state index is -0.402. The highest BCUT2D eigenvalue weighted by atomic mass is 16.6. The van der Waals surface area contributed by atoms with E-state index >= 15 is 0 Å². The summed E-state index contributed by atoms with van der Waals surface area (Å²) >= 11 is 0. The Labute approximate surface area is 103 Å². The fraction of sp³-hybridized carbons (Fsp3) is 0.917. The Bertz CT molecular complexity index is 282. The van der Waals surface area contributed by atoms with Crippen LogP contribution in [0.1, 0.15) is 27.2 Å². The minimum Gasteiger partial charge on any atom is -0.444 e. The van der Waals surface area contributed by atoms with Crippen molar-refractivity contribution in [3.63, 3.8) is 0 Å². The van der Waals surface area contributed by atoms with Crippen molar-refractivity contribution in [2.75, 3.05) is 32.7 Å². The molecule has 2 fully saturated rings. The second-order valence-corrected chi connectivity index (χ2v) is 5.73. The molecule has 1 amide bonds. The monoisotopic (exact) mass is 241 g/mol. The quantitative estimate of drug-likeness (QED) is 0.739. The molecule has 0 aromatic carbocycles. The summed E-state index contributed by atoms with van der Waals surface area (Å²) in [5.74, 6) is 0. The number of amides is 1. The fourth-order valence-electron chi connectivity index (χ4n) is 2.27. The van der Waals surface area contributed by atoms with E-state index in [-0.39, 0.29) is 12.3 Å². The number of carbonyl (C=O) groups is 1.